The molecule has 2 aliphatic rings. The number of nitrogen functional groups attached to an aromatic ring is 1. The highest BCUT2D eigenvalue weighted by molar-refractivity contribution is 6.43. The van der Waals surface area contributed by atoms with E-state index in [0.29, 0.717) is 40.2 Å². The van der Waals surface area contributed by atoms with Crippen LogP contribution in [0, 0.1) is 0 Å². The Labute approximate surface area is 153 Å². The lowest BCUT2D eigenvalue weighted by Gasteiger charge is -2.33. The van der Waals surface area contributed by atoms with Crippen LogP contribution in [-0.4, -0.2) is 51.9 Å². The highest BCUT2D eigenvalue weighted by Crippen LogP contribution is 2.35. The number of esters is 1. The summed E-state index contributed by atoms with van der Waals surface area (Å²) >= 11 is 12.3. The lowest BCUT2D eigenvalue weighted by Crippen LogP contribution is -2.52. The highest BCUT2D eigenvalue weighted by Gasteiger charge is 2.43. The van der Waals surface area contributed by atoms with E-state index in [9.17, 15) is 4.79 Å². The molecule has 2 saturated heterocycles. The van der Waals surface area contributed by atoms with E-state index in [2.05, 4.69) is 20.5 Å². The second-order valence-electron chi connectivity index (χ2n) is 5.80. The zero-order chi connectivity index (χ0) is 17.6. The van der Waals surface area contributed by atoms with Crippen molar-refractivity contribution in [2.75, 3.05) is 25.6 Å². The van der Waals surface area contributed by atoms with Crippen molar-refractivity contribution < 1.29 is 9.53 Å². The molecule has 8 nitrogen and oxygen atoms in total. The maximum atomic E-state index is 11.7. The van der Waals surface area contributed by atoms with Crippen molar-refractivity contribution in [1.29, 1.82) is 0 Å². The number of cyclic esters (lactones) is 1. The number of nitrogens with one attached hydrogen (secondary N) is 1. The van der Waals surface area contributed by atoms with Crippen LogP contribution in [0.15, 0.2) is 18.2 Å². The first-order chi connectivity index (χ1) is 12.1. The van der Waals surface area contributed by atoms with Crippen molar-refractivity contribution in [3.8, 4) is 11.3 Å². The van der Waals surface area contributed by atoms with Crippen molar-refractivity contribution >= 4 is 35.0 Å². The molecule has 3 N–H and O–H groups in total. The van der Waals surface area contributed by atoms with Gasteiger partial charge in [0.15, 0.2) is 11.6 Å². The quantitative estimate of drug-likeness (QED) is 0.749. The summed E-state index contributed by atoms with van der Waals surface area (Å²) in [6.07, 6.45) is 0. The molecule has 1 aromatic carbocycles. The zero-order valence-corrected chi connectivity index (χ0v) is 14.5. The van der Waals surface area contributed by atoms with Crippen LogP contribution in [-0.2, 0) is 9.53 Å². The number of carbonyl (C=O) groups excluding carboxylic acids is 1. The van der Waals surface area contributed by atoms with Crippen LogP contribution in [0.1, 0.15) is 11.9 Å². The number of nitrogens with two attached hydrogens (primary N) is 1. The second-order valence-corrected chi connectivity index (χ2v) is 6.59. The topological polar surface area (TPSA) is 106 Å². The number of anilines is 1. The molecule has 3 heterocycles. The summed E-state index contributed by atoms with van der Waals surface area (Å²) in [7, 11) is 0. The number of piperazine rings is 1. The number of benzene rings is 1. The summed E-state index contributed by atoms with van der Waals surface area (Å²) in [5.74, 6) is 0.373. The van der Waals surface area contributed by atoms with Crippen LogP contribution < -0.4 is 11.1 Å². The Hall–Kier alpha value is -2.00. The average Bonchev–Trinajstić information content (AvgIpc) is 2.99. The van der Waals surface area contributed by atoms with Gasteiger partial charge in [-0.2, -0.15) is 0 Å². The SMILES string of the molecule is Nc1nc(C2CNCC3C(=O)OCN32)nnc1-c1cccc(Cl)c1Cl. The van der Waals surface area contributed by atoms with E-state index < -0.39 is 0 Å². The number of carbonyl (C=O) groups is 1. The third-order valence-electron chi connectivity index (χ3n) is 4.34. The van der Waals surface area contributed by atoms with E-state index in [4.69, 9.17) is 33.7 Å². The van der Waals surface area contributed by atoms with Gasteiger partial charge in [0.25, 0.3) is 0 Å². The fourth-order valence-corrected chi connectivity index (χ4v) is 3.44. The standard InChI is InChI=1S/C15H14Cl2N6O2/c16-8-3-1-2-7(11(8)17)12-13(18)20-14(22-21-12)9-4-19-5-10-15(24)25-6-23(9)10/h1-3,9-10,19H,4-6H2,(H2,18,20,22). The molecule has 0 bridgehead atoms. The van der Waals surface area contributed by atoms with E-state index in [0.717, 1.165) is 0 Å². The second kappa shape index (κ2) is 6.38. The number of nitrogens with zero attached hydrogens (tertiary/aromatic N) is 4. The number of hydrogen-bond acceptors (Lipinski definition) is 8. The van der Waals surface area contributed by atoms with Gasteiger partial charge >= 0.3 is 5.97 Å². The monoisotopic (exact) mass is 380 g/mol. The molecule has 25 heavy (non-hydrogen) atoms. The third-order valence-corrected chi connectivity index (χ3v) is 5.16. The summed E-state index contributed by atoms with van der Waals surface area (Å²) in [4.78, 5) is 18.0. The van der Waals surface area contributed by atoms with Crippen LogP contribution in [0.4, 0.5) is 5.82 Å². The molecule has 0 spiro atoms. The number of rotatable bonds is 2. The van der Waals surface area contributed by atoms with Gasteiger partial charge in [0.05, 0.1) is 16.1 Å². The molecule has 2 aliphatic heterocycles. The first kappa shape index (κ1) is 16.5. The van der Waals surface area contributed by atoms with Crippen molar-refractivity contribution in [1.82, 2.24) is 25.4 Å². The predicted octanol–water partition coefficient (Wildman–Crippen LogP) is 1.26. The summed E-state index contributed by atoms with van der Waals surface area (Å²) in [6, 6.07) is 4.59. The van der Waals surface area contributed by atoms with Crippen LogP contribution >= 0.6 is 23.2 Å². The van der Waals surface area contributed by atoms with Gasteiger partial charge in [0.2, 0.25) is 0 Å². The van der Waals surface area contributed by atoms with Gasteiger partial charge in [-0.3, -0.25) is 4.79 Å². The fourth-order valence-electron chi connectivity index (χ4n) is 3.05. The molecule has 4 rings (SSSR count). The molecular formula is C15H14Cl2N6O2. The smallest absolute Gasteiger partial charge is 0.326 e. The Bertz CT molecular complexity index is 849. The van der Waals surface area contributed by atoms with Crippen molar-refractivity contribution in [2.24, 2.45) is 0 Å². The maximum absolute atomic E-state index is 11.7. The van der Waals surface area contributed by atoms with Crippen LogP contribution in [0.5, 0.6) is 0 Å². The molecule has 2 atom stereocenters. The molecule has 2 unspecified atom stereocenters. The molecule has 0 radical (unpaired) electrons. The Balaban J connectivity index is 1.68. The van der Waals surface area contributed by atoms with E-state index >= 15 is 0 Å². The Kier molecular flexibility index (Phi) is 4.20. The van der Waals surface area contributed by atoms with Gasteiger partial charge in [-0.1, -0.05) is 35.3 Å². The van der Waals surface area contributed by atoms with Crippen molar-refractivity contribution in [3.63, 3.8) is 0 Å². The number of halogens is 2. The molecule has 0 saturated carbocycles. The van der Waals surface area contributed by atoms with Gasteiger partial charge in [0, 0.05) is 18.7 Å². The van der Waals surface area contributed by atoms with Gasteiger partial charge in [0.1, 0.15) is 18.5 Å². The van der Waals surface area contributed by atoms with Gasteiger partial charge in [-0.05, 0) is 6.07 Å². The third kappa shape index (κ3) is 2.81. The first-order valence-corrected chi connectivity index (χ1v) is 8.39. The van der Waals surface area contributed by atoms with Crippen LogP contribution in [0.3, 0.4) is 0 Å². The van der Waals surface area contributed by atoms with Crippen LogP contribution in [0.25, 0.3) is 11.3 Å². The molecule has 2 fully saturated rings. The fraction of sp³-hybridized carbons (Fsp3) is 0.333. The highest BCUT2D eigenvalue weighted by atomic mass is 35.5. The lowest BCUT2D eigenvalue weighted by atomic mass is 10.1. The van der Waals surface area contributed by atoms with Crippen molar-refractivity contribution in [2.45, 2.75) is 12.1 Å². The minimum Gasteiger partial charge on any atom is -0.448 e. The van der Waals surface area contributed by atoms with E-state index in [1.165, 1.54) is 0 Å². The summed E-state index contributed by atoms with van der Waals surface area (Å²) in [5, 5.41) is 12.3. The average molecular weight is 381 g/mol. The molecule has 130 valence electrons. The summed E-state index contributed by atoms with van der Waals surface area (Å²) < 4.78 is 5.11. The van der Waals surface area contributed by atoms with Gasteiger partial charge < -0.3 is 15.8 Å². The normalized spacial score (nSPS) is 23.4. The maximum Gasteiger partial charge on any atom is 0.326 e. The van der Waals surface area contributed by atoms with Crippen LogP contribution in [0.2, 0.25) is 10.0 Å². The Morgan fingerprint density at radius 3 is 2.84 bits per heavy atom. The predicted molar refractivity (Wildman–Crippen MR) is 91.9 cm³/mol. The minimum absolute atomic E-state index is 0.197. The minimum atomic E-state index is -0.342. The van der Waals surface area contributed by atoms with Gasteiger partial charge in [-0.25, -0.2) is 9.88 Å². The lowest BCUT2D eigenvalue weighted by molar-refractivity contribution is -0.139. The first-order valence-electron chi connectivity index (χ1n) is 7.64. The molecule has 0 amide bonds. The van der Waals surface area contributed by atoms with E-state index in [-0.39, 0.29) is 30.6 Å². The number of aromatic nitrogens is 3. The number of ether oxygens (including phenoxy) is 1. The summed E-state index contributed by atoms with van der Waals surface area (Å²) in [6.45, 7) is 1.32. The van der Waals surface area contributed by atoms with Gasteiger partial charge in [-0.15, -0.1) is 10.2 Å². The number of fused-ring (bicyclic) bond motifs is 1. The molecule has 1 aromatic heterocycles. The zero-order valence-electron chi connectivity index (χ0n) is 12.9. The van der Waals surface area contributed by atoms with Crippen molar-refractivity contribution in [3.05, 3.63) is 34.1 Å². The molecule has 10 heteroatoms. The molecule has 0 aliphatic carbocycles. The summed E-state index contributed by atoms with van der Waals surface area (Å²) in [5.41, 5.74) is 7.02. The molecule has 2 aromatic rings. The Morgan fingerprint density at radius 1 is 1.24 bits per heavy atom. The Morgan fingerprint density at radius 2 is 2.04 bits per heavy atom. The van der Waals surface area contributed by atoms with E-state index in [1.54, 1.807) is 18.2 Å². The van der Waals surface area contributed by atoms with E-state index in [1.807, 2.05) is 4.90 Å². The molecular weight excluding hydrogens is 367 g/mol. The largest absolute Gasteiger partial charge is 0.448 e. The number of hydrogen-bond donors (Lipinski definition) is 2.